The van der Waals surface area contributed by atoms with Gasteiger partial charge >= 0.3 is 0 Å². The summed E-state index contributed by atoms with van der Waals surface area (Å²) in [5.74, 6) is -0.275. The van der Waals surface area contributed by atoms with Gasteiger partial charge in [0.15, 0.2) is 0 Å². The van der Waals surface area contributed by atoms with E-state index in [1.165, 1.54) is 18.5 Å². The third-order valence-electron chi connectivity index (χ3n) is 3.05. The van der Waals surface area contributed by atoms with Crippen molar-refractivity contribution in [2.24, 2.45) is 7.05 Å². The van der Waals surface area contributed by atoms with Crippen molar-refractivity contribution < 1.29 is 8.78 Å². The van der Waals surface area contributed by atoms with E-state index in [4.69, 9.17) is 0 Å². The summed E-state index contributed by atoms with van der Waals surface area (Å²) in [5, 5.41) is 7.13. The first-order chi connectivity index (χ1) is 9.08. The summed E-state index contributed by atoms with van der Waals surface area (Å²) in [6.45, 7) is 0. The Morgan fingerprint density at radius 2 is 1.89 bits per heavy atom. The Labute approximate surface area is 110 Å². The maximum absolute atomic E-state index is 13.1. The van der Waals surface area contributed by atoms with E-state index in [0.717, 1.165) is 11.9 Å². The summed E-state index contributed by atoms with van der Waals surface area (Å²) in [4.78, 5) is 4.14. The Balaban J connectivity index is 2.08. The van der Waals surface area contributed by atoms with Gasteiger partial charge in [0.1, 0.15) is 23.8 Å². The molecule has 0 saturated carbocycles. The smallest absolute Gasteiger partial charge is 0.138 e. The first kappa shape index (κ1) is 13.6. The van der Waals surface area contributed by atoms with Gasteiger partial charge in [-0.05, 0) is 31.2 Å². The third-order valence-corrected chi connectivity index (χ3v) is 3.05. The lowest BCUT2D eigenvalue weighted by Crippen LogP contribution is -2.31. The number of aryl methyl sites for hydroxylation is 1. The molecule has 0 bridgehead atoms. The highest BCUT2D eigenvalue weighted by molar-refractivity contribution is 5.19. The van der Waals surface area contributed by atoms with Crippen LogP contribution in [0.25, 0.3) is 0 Å². The fourth-order valence-corrected chi connectivity index (χ4v) is 2.01. The van der Waals surface area contributed by atoms with Crippen molar-refractivity contribution in [1.82, 2.24) is 20.1 Å². The van der Waals surface area contributed by atoms with Gasteiger partial charge in [0.2, 0.25) is 0 Å². The molecule has 1 atom stereocenters. The zero-order chi connectivity index (χ0) is 13.8. The standard InChI is InChI=1S/C13H16F2N4/c1-16-12(7-13-17-8-18-19(13)2)5-9-3-10(14)6-11(15)4-9/h3-4,6,8,12,16H,5,7H2,1-2H3. The Kier molecular flexibility index (Phi) is 4.21. The van der Waals surface area contributed by atoms with E-state index < -0.39 is 11.6 Å². The van der Waals surface area contributed by atoms with Gasteiger partial charge in [-0.2, -0.15) is 5.10 Å². The van der Waals surface area contributed by atoms with Crippen LogP contribution in [0, 0.1) is 11.6 Å². The van der Waals surface area contributed by atoms with Crippen LogP contribution in [0.1, 0.15) is 11.4 Å². The molecule has 0 aliphatic carbocycles. The van der Waals surface area contributed by atoms with Gasteiger partial charge in [0.25, 0.3) is 0 Å². The Morgan fingerprint density at radius 3 is 2.42 bits per heavy atom. The predicted octanol–water partition coefficient (Wildman–Crippen LogP) is 1.47. The van der Waals surface area contributed by atoms with Gasteiger partial charge in [0.05, 0.1) is 0 Å². The van der Waals surface area contributed by atoms with Crippen molar-refractivity contribution in [2.45, 2.75) is 18.9 Å². The number of benzene rings is 1. The number of nitrogens with zero attached hydrogens (tertiary/aromatic N) is 3. The Hall–Kier alpha value is -1.82. The molecule has 0 aliphatic heterocycles. The number of aromatic nitrogens is 3. The summed E-state index contributed by atoms with van der Waals surface area (Å²) in [6.07, 6.45) is 2.66. The van der Waals surface area contributed by atoms with Crippen LogP contribution in [0.5, 0.6) is 0 Å². The number of rotatable bonds is 5. The van der Waals surface area contributed by atoms with Crippen LogP contribution in [-0.4, -0.2) is 27.9 Å². The van der Waals surface area contributed by atoms with E-state index in [9.17, 15) is 8.78 Å². The molecule has 4 nitrogen and oxygen atoms in total. The van der Waals surface area contributed by atoms with Gasteiger partial charge in [-0.25, -0.2) is 13.8 Å². The van der Waals surface area contributed by atoms with Crippen molar-refractivity contribution in [3.05, 3.63) is 47.5 Å². The van der Waals surface area contributed by atoms with E-state index >= 15 is 0 Å². The zero-order valence-electron chi connectivity index (χ0n) is 10.9. The van der Waals surface area contributed by atoms with Gasteiger partial charge in [-0.15, -0.1) is 0 Å². The van der Waals surface area contributed by atoms with Gasteiger partial charge < -0.3 is 5.32 Å². The molecule has 1 aromatic heterocycles. The second-order valence-corrected chi connectivity index (χ2v) is 4.47. The molecule has 0 amide bonds. The minimum atomic E-state index is -0.552. The molecule has 102 valence electrons. The molecule has 0 radical (unpaired) electrons. The minimum absolute atomic E-state index is 0.0455. The molecular weight excluding hydrogens is 250 g/mol. The molecule has 1 unspecified atom stereocenters. The molecule has 0 aliphatic rings. The molecule has 1 aromatic carbocycles. The van der Waals surface area contributed by atoms with Crippen LogP contribution < -0.4 is 5.32 Å². The summed E-state index contributed by atoms with van der Waals surface area (Å²) in [7, 11) is 3.63. The molecule has 19 heavy (non-hydrogen) atoms. The molecule has 1 heterocycles. The fourth-order valence-electron chi connectivity index (χ4n) is 2.01. The summed E-state index contributed by atoms with van der Waals surface area (Å²) in [6, 6.07) is 3.62. The third kappa shape index (κ3) is 3.57. The van der Waals surface area contributed by atoms with Gasteiger partial charge in [-0.1, -0.05) is 0 Å². The number of likely N-dealkylation sites (N-methyl/N-ethyl adjacent to an activating group) is 1. The fraction of sp³-hybridized carbons (Fsp3) is 0.385. The molecule has 0 spiro atoms. The average Bonchev–Trinajstić information content (AvgIpc) is 2.73. The van der Waals surface area contributed by atoms with Crippen LogP contribution in [0.15, 0.2) is 24.5 Å². The van der Waals surface area contributed by atoms with Crippen molar-refractivity contribution in [2.75, 3.05) is 7.05 Å². The predicted molar refractivity (Wildman–Crippen MR) is 67.6 cm³/mol. The average molecular weight is 266 g/mol. The monoisotopic (exact) mass is 266 g/mol. The van der Waals surface area contributed by atoms with Gasteiger partial charge in [0, 0.05) is 25.6 Å². The first-order valence-corrected chi connectivity index (χ1v) is 6.03. The van der Waals surface area contributed by atoms with Gasteiger partial charge in [-0.3, -0.25) is 4.68 Å². The van der Waals surface area contributed by atoms with Crippen LogP contribution in [0.2, 0.25) is 0 Å². The lowest BCUT2D eigenvalue weighted by Gasteiger charge is -2.15. The normalized spacial score (nSPS) is 12.6. The van der Waals surface area contributed by atoms with Crippen molar-refractivity contribution in [3.63, 3.8) is 0 Å². The Morgan fingerprint density at radius 1 is 1.21 bits per heavy atom. The minimum Gasteiger partial charge on any atom is -0.316 e. The van der Waals surface area contributed by atoms with E-state index in [0.29, 0.717) is 18.4 Å². The van der Waals surface area contributed by atoms with Crippen molar-refractivity contribution >= 4 is 0 Å². The van der Waals surface area contributed by atoms with Crippen LogP contribution >= 0.6 is 0 Å². The highest BCUT2D eigenvalue weighted by Gasteiger charge is 2.13. The first-order valence-electron chi connectivity index (χ1n) is 6.03. The largest absolute Gasteiger partial charge is 0.316 e. The van der Waals surface area contributed by atoms with E-state index in [-0.39, 0.29) is 6.04 Å². The number of hydrogen-bond acceptors (Lipinski definition) is 3. The van der Waals surface area contributed by atoms with Crippen LogP contribution in [0.3, 0.4) is 0 Å². The second kappa shape index (κ2) is 5.88. The maximum Gasteiger partial charge on any atom is 0.138 e. The lowest BCUT2D eigenvalue weighted by atomic mass is 10.0. The van der Waals surface area contributed by atoms with Crippen LogP contribution in [-0.2, 0) is 19.9 Å². The van der Waals surface area contributed by atoms with E-state index in [1.54, 1.807) is 4.68 Å². The van der Waals surface area contributed by atoms with E-state index in [2.05, 4.69) is 15.4 Å². The van der Waals surface area contributed by atoms with Crippen LogP contribution in [0.4, 0.5) is 8.78 Å². The molecule has 1 N–H and O–H groups in total. The highest BCUT2D eigenvalue weighted by Crippen LogP contribution is 2.11. The number of nitrogens with one attached hydrogen (secondary N) is 1. The topological polar surface area (TPSA) is 42.7 Å². The number of hydrogen-bond donors (Lipinski definition) is 1. The second-order valence-electron chi connectivity index (χ2n) is 4.47. The molecule has 2 rings (SSSR count). The lowest BCUT2D eigenvalue weighted by molar-refractivity contribution is 0.520. The maximum atomic E-state index is 13.1. The van der Waals surface area contributed by atoms with E-state index in [1.807, 2.05) is 14.1 Å². The molecule has 6 heteroatoms. The summed E-state index contributed by atoms with van der Waals surface area (Å²) in [5.41, 5.74) is 0.624. The SMILES string of the molecule is CNC(Cc1cc(F)cc(F)c1)Cc1ncnn1C. The zero-order valence-corrected chi connectivity index (χ0v) is 10.9. The summed E-state index contributed by atoms with van der Waals surface area (Å²) < 4.78 is 28.0. The molecule has 0 saturated heterocycles. The summed E-state index contributed by atoms with van der Waals surface area (Å²) >= 11 is 0. The van der Waals surface area contributed by atoms with Crippen molar-refractivity contribution in [1.29, 1.82) is 0 Å². The molecule has 0 fully saturated rings. The van der Waals surface area contributed by atoms with Crippen molar-refractivity contribution in [3.8, 4) is 0 Å². The highest BCUT2D eigenvalue weighted by atomic mass is 19.1. The molecule has 2 aromatic rings. The molecular formula is C13H16F2N4. The Bertz CT molecular complexity index is 533. The quantitative estimate of drug-likeness (QED) is 0.891. The number of halogens is 2.